The van der Waals surface area contributed by atoms with Crippen LogP contribution in [0.15, 0.2) is 41.1 Å². The number of piperazine rings is 1. The van der Waals surface area contributed by atoms with Crippen molar-refractivity contribution >= 4 is 39.7 Å². The molecule has 1 N–H and O–H groups in total. The fourth-order valence-electron chi connectivity index (χ4n) is 2.33. The molecule has 1 aromatic carbocycles. The average molecular weight is 362 g/mol. The molecule has 2 heterocycles. The molecule has 3 rings (SSSR count). The molecule has 22 heavy (non-hydrogen) atoms. The van der Waals surface area contributed by atoms with Crippen LogP contribution in [-0.2, 0) is 4.79 Å². The number of hydrogen-bond acceptors (Lipinski definition) is 5. The van der Waals surface area contributed by atoms with E-state index in [4.69, 9.17) is 0 Å². The highest BCUT2D eigenvalue weighted by molar-refractivity contribution is 9.10. The Hall–Kier alpha value is -2.15. The first kappa shape index (κ1) is 14.8. The zero-order valence-corrected chi connectivity index (χ0v) is 13.5. The molecule has 0 spiro atoms. The van der Waals surface area contributed by atoms with Gasteiger partial charge in [0.2, 0.25) is 6.41 Å². The van der Waals surface area contributed by atoms with Crippen molar-refractivity contribution in [1.29, 1.82) is 0 Å². The molecule has 1 aliphatic rings. The van der Waals surface area contributed by atoms with Gasteiger partial charge in [0, 0.05) is 42.4 Å². The van der Waals surface area contributed by atoms with Crippen LogP contribution in [0.4, 0.5) is 17.3 Å². The number of amides is 1. The molecule has 0 atom stereocenters. The van der Waals surface area contributed by atoms with E-state index >= 15 is 0 Å². The van der Waals surface area contributed by atoms with Gasteiger partial charge in [-0.1, -0.05) is 15.9 Å². The van der Waals surface area contributed by atoms with E-state index in [0.717, 1.165) is 54.4 Å². The number of carbonyl (C=O) groups excluding carboxylic acids is 1. The van der Waals surface area contributed by atoms with Crippen molar-refractivity contribution in [2.24, 2.45) is 0 Å². The van der Waals surface area contributed by atoms with Gasteiger partial charge >= 0.3 is 0 Å². The van der Waals surface area contributed by atoms with Crippen molar-refractivity contribution in [2.45, 2.75) is 0 Å². The maximum atomic E-state index is 10.8. The Labute approximate surface area is 137 Å². The maximum absolute atomic E-state index is 10.8. The quantitative estimate of drug-likeness (QED) is 0.846. The van der Waals surface area contributed by atoms with Crippen molar-refractivity contribution < 1.29 is 4.79 Å². The van der Waals surface area contributed by atoms with E-state index in [2.05, 4.69) is 36.1 Å². The highest BCUT2D eigenvalue weighted by Gasteiger charge is 2.17. The molecular weight excluding hydrogens is 346 g/mol. The van der Waals surface area contributed by atoms with Crippen LogP contribution in [0.25, 0.3) is 0 Å². The largest absolute Gasteiger partial charge is 0.353 e. The third-order valence-electron chi connectivity index (χ3n) is 3.56. The monoisotopic (exact) mass is 361 g/mol. The Morgan fingerprint density at radius 3 is 2.50 bits per heavy atom. The van der Waals surface area contributed by atoms with Gasteiger partial charge in [-0.25, -0.2) is 9.97 Å². The molecular formula is C15H16BrN5O. The predicted octanol–water partition coefficient (Wildman–Crippen LogP) is 2.26. The number of rotatable bonds is 4. The van der Waals surface area contributed by atoms with Crippen LogP contribution in [0.3, 0.4) is 0 Å². The lowest BCUT2D eigenvalue weighted by molar-refractivity contribution is -0.118. The SMILES string of the molecule is O=CN1CCN(c2cc(Nc3ccc(Br)cc3)ncn2)CC1. The van der Waals surface area contributed by atoms with Gasteiger partial charge in [0.15, 0.2) is 0 Å². The third-order valence-corrected chi connectivity index (χ3v) is 4.09. The van der Waals surface area contributed by atoms with E-state index in [1.165, 1.54) is 0 Å². The van der Waals surface area contributed by atoms with Crippen molar-refractivity contribution in [3.05, 3.63) is 41.1 Å². The highest BCUT2D eigenvalue weighted by atomic mass is 79.9. The molecule has 7 heteroatoms. The third kappa shape index (κ3) is 3.54. The molecule has 0 bridgehead atoms. The van der Waals surface area contributed by atoms with Gasteiger partial charge < -0.3 is 15.1 Å². The van der Waals surface area contributed by atoms with Crippen LogP contribution in [0.2, 0.25) is 0 Å². The number of carbonyl (C=O) groups is 1. The molecule has 1 saturated heterocycles. The first-order valence-electron chi connectivity index (χ1n) is 7.03. The lowest BCUT2D eigenvalue weighted by Crippen LogP contribution is -2.46. The maximum Gasteiger partial charge on any atom is 0.209 e. The molecule has 0 unspecified atom stereocenters. The molecule has 114 valence electrons. The summed E-state index contributed by atoms with van der Waals surface area (Å²) in [5, 5.41) is 3.27. The van der Waals surface area contributed by atoms with Gasteiger partial charge in [-0.2, -0.15) is 0 Å². The van der Waals surface area contributed by atoms with E-state index in [1.54, 1.807) is 11.2 Å². The minimum absolute atomic E-state index is 0.725. The number of aromatic nitrogens is 2. The lowest BCUT2D eigenvalue weighted by Gasteiger charge is -2.33. The normalized spacial score (nSPS) is 14.8. The number of halogens is 1. The minimum atomic E-state index is 0.725. The van der Waals surface area contributed by atoms with E-state index in [1.807, 2.05) is 30.3 Å². The summed E-state index contributed by atoms with van der Waals surface area (Å²) in [6.45, 7) is 3.02. The second-order valence-electron chi connectivity index (χ2n) is 5.02. The van der Waals surface area contributed by atoms with Crippen LogP contribution in [0.5, 0.6) is 0 Å². The zero-order valence-electron chi connectivity index (χ0n) is 11.9. The molecule has 0 saturated carbocycles. The van der Waals surface area contributed by atoms with Gasteiger partial charge in [-0.05, 0) is 24.3 Å². The minimum Gasteiger partial charge on any atom is -0.353 e. The van der Waals surface area contributed by atoms with Crippen LogP contribution < -0.4 is 10.2 Å². The van der Waals surface area contributed by atoms with Gasteiger partial charge in [0.25, 0.3) is 0 Å². The Morgan fingerprint density at radius 1 is 1.09 bits per heavy atom. The second kappa shape index (κ2) is 6.74. The van der Waals surface area contributed by atoms with E-state index in [0.29, 0.717) is 0 Å². The zero-order chi connectivity index (χ0) is 15.4. The molecule has 6 nitrogen and oxygen atoms in total. The summed E-state index contributed by atoms with van der Waals surface area (Å²) in [6, 6.07) is 9.84. The lowest BCUT2D eigenvalue weighted by atomic mass is 10.3. The summed E-state index contributed by atoms with van der Waals surface area (Å²) in [4.78, 5) is 23.3. The topological polar surface area (TPSA) is 61.4 Å². The van der Waals surface area contributed by atoms with Crippen molar-refractivity contribution in [3.63, 3.8) is 0 Å². The molecule has 1 fully saturated rings. The molecule has 0 radical (unpaired) electrons. The molecule has 1 amide bonds. The van der Waals surface area contributed by atoms with E-state index < -0.39 is 0 Å². The van der Waals surface area contributed by atoms with Crippen molar-refractivity contribution in [3.8, 4) is 0 Å². The number of nitrogens with zero attached hydrogens (tertiary/aromatic N) is 4. The van der Waals surface area contributed by atoms with Gasteiger partial charge in [0.1, 0.15) is 18.0 Å². The van der Waals surface area contributed by atoms with Crippen LogP contribution in [-0.4, -0.2) is 47.5 Å². The Bertz CT molecular complexity index is 641. The van der Waals surface area contributed by atoms with Crippen molar-refractivity contribution in [1.82, 2.24) is 14.9 Å². The Balaban J connectivity index is 1.70. The molecule has 1 aliphatic heterocycles. The van der Waals surface area contributed by atoms with Crippen molar-refractivity contribution in [2.75, 3.05) is 36.4 Å². The predicted molar refractivity (Wildman–Crippen MR) is 89.3 cm³/mol. The Morgan fingerprint density at radius 2 is 1.82 bits per heavy atom. The summed E-state index contributed by atoms with van der Waals surface area (Å²) in [5.74, 6) is 1.63. The second-order valence-corrected chi connectivity index (χ2v) is 5.94. The fraction of sp³-hybridized carbons (Fsp3) is 0.267. The number of benzene rings is 1. The van der Waals surface area contributed by atoms with Crippen LogP contribution in [0.1, 0.15) is 0 Å². The summed E-state index contributed by atoms with van der Waals surface area (Å²) in [5.41, 5.74) is 0.971. The smallest absolute Gasteiger partial charge is 0.209 e. The first-order chi connectivity index (χ1) is 10.7. The van der Waals surface area contributed by atoms with E-state index in [-0.39, 0.29) is 0 Å². The summed E-state index contributed by atoms with van der Waals surface area (Å²) < 4.78 is 1.04. The highest BCUT2D eigenvalue weighted by Crippen LogP contribution is 2.21. The number of hydrogen-bond donors (Lipinski definition) is 1. The molecule has 2 aromatic rings. The number of nitrogens with one attached hydrogen (secondary N) is 1. The fourth-order valence-corrected chi connectivity index (χ4v) is 2.59. The van der Waals surface area contributed by atoms with Gasteiger partial charge in [-0.3, -0.25) is 4.79 Å². The summed E-state index contributed by atoms with van der Waals surface area (Å²) >= 11 is 3.42. The van der Waals surface area contributed by atoms with Crippen LogP contribution >= 0.6 is 15.9 Å². The Kier molecular flexibility index (Phi) is 4.53. The van der Waals surface area contributed by atoms with E-state index in [9.17, 15) is 4.79 Å². The summed E-state index contributed by atoms with van der Waals surface area (Å²) in [6.07, 6.45) is 2.46. The van der Waals surface area contributed by atoms with Gasteiger partial charge in [0.05, 0.1) is 0 Å². The number of anilines is 3. The summed E-state index contributed by atoms with van der Waals surface area (Å²) in [7, 11) is 0. The van der Waals surface area contributed by atoms with Gasteiger partial charge in [-0.15, -0.1) is 0 Å². The average Bonchev–Trinajstić information content (AvgIpc) is 2.57. The first-order valence-corrected chi connectivity index (χ1v) is 7.83. The van der Waals surface area contributed by atoms with Crippen LogP contribution in [0, 0.1) is 0 Å². The molecule has 1 aromatic heterocycles. The molecule has 0 aliphatic carbocycles. The standard InChI is InChI=1S/C15H16BrN5O/c16-12-1-3-13(4-2-12)19-14-9-15(18-10-17-14)21-7-5-20(11-22)6-8-21/h1-4,9-11H,5-8H2,(H,17,18,19).